The van der Waals surface area contributed by atoms with Crippen LogP contribution in [0.4, 0.5) is 11.5 Å². The van der Waals surface area contributed by atoms with Gasteiger partial charge in [-0.2, -0.15) is 0 Å². The normalized spacial score (nSPS) is 14.8. The molecular weight excluding hydrogens is 408 g/mol. The Morgan fingerprint density at radius 1 is 0.935 bits per heavy atom. The molecule has 1 aliphatic heterocycles. The lowest BCUT2D eigenvalue weighted by atomic mass is 10.1. The van der Waals surface area contributed by atoms with Gasteiger partial charge in [0, 0.05) is 37.7 Å². The highest BCUT2D eigenvalue weighted by atomic mass is 35.5. The van der Waals surface area contributed by atoms with E-state index in [2.05, 4.69) is 26.2 Å². The van der Waals surface area contributed by atoms with Crippen LogP contribution in [0.1, 0.15) is 17.5 Å². The predicted octanol–water partition coefficient (Wildman–Crippen LogP) is 4.63. The Morgan fingerprint density at radius 3 is 2.52 bits per heavy atom. The number of halogens is 1. The Balaban J connectivity index is 1.30. The van der Waals surface area contributed by atoms with Crippen LogP contribution in [0.5, 0.6) is 0 Å². The maximum absolute atomic E-state index is 12.3. The molecule has 0 spiro atoms. The van der Waals surface area contributed by atoms with E-state index in [1.165, 1.54) is 5.56 Å². The summed E-state index contributed by atoms with van der Waals surface area (Å²) in [5, 5.41) is 3.76. The number of rotatable bonds is 6. The van der Waals surface area contributed by atoms with Gasteiger partial charge in [-0.05, 0) is 35.7 Å². The molecule has 31 heavy (non-hydrogen) atoms. The summed E-state index contributed by atoms with van der Waals surface area (Å²) in [6, 6.07) is 21.7. The third-order valence-corrected chi connectivity index (χ3v) is 5.87. The summed E-state index contributed by atoms with van der Waals surface area (Å²) < 4.78 is 0. The van der Waals surface area contributed by atoms with Crippen LogP contribution in [0.3, 0.4) is 0 Å². The minimum atomic E-state index is -0.0364. The van der Waals surface area contributed by atoms with E-state index >= 15 is 0 Å². The third-order valence-electron chi connectivity index (χ3n) is 5.50. The second-order valence-electron chi connectivity index (χ2n) is 7.82. The van der Waals surface area contributed by atoms with E-state index in [9.17, 15) is 4.79 Å². The molecule has 6 heteroatoms. The van der Waals surface area contributed by atoms with Crippen molar-refractivity contribution < 1.29 is 4.79 Å². The zero-order valence-electron chi connectivity index (χ0n) is 17.5. The van der Waals surface area contributed by atoms with Crippen molar-refractivity contribution >= 4 is 29.0 Å². The third kappa shape index (κ3) is 6.06. The highest BCUT2D eigenvalue weighted by molar-refractivity contribution is 6.31. The van der Waals surface area contributed by atoms with Crippen molar-refractivity contribution in [1.29, 1.82) is 0 Å². The van der Waals surface area contributed by atoms with Gasteiger partial charge in [0.15, 0.2) is 0 Å². The minimum Gasteiger partial charge on any atom is -0.355 e. The molecule has 3 aromatic rings. The first-order valence-electron chi connectivity index (χ1n) is 10.7. The van der Waals surface area contributed by atoms with E-state index in [0.29, 0.717) is 6.42 Å². The van der Waals surface area contributed by atoms with Gasteiger partial charge in [-0.3, -0.25) is 9.69 Å². The molecule has 1 amide bonds. The summed E-state index contributed by atoms with van der Waals surface area (Å²) in [4.78, 5) is 21.6. The number of pyridine rings is 1. The van der Waals surface area contributed by atoms with Gasteiger partial charge < -0.3 is 10.2 Å². The Kier molecular flexibility index (Phi) is 7.18. The van der Waals surface area contributed by atoms with Crippen LogP contribution in [0.15, 0.2) is 72.9 Å². The summed E-state index contributed by atoms with van der Waals surface area (Å²) >= 11 is 6.33. The van der Waals surface area contributed by atoms with Crippen molar-refractivity contribution in [2.75, 3.05) is 36.4 Å². The Hall–Kier alpha value is -2.89. The van der Waals surface area contributed by atoms with Crippen LogP contribution in [-0.4, -0.2) is 42.0 Å². The van der Waals surface area contributed by atoms with E-state index < -0.39 is 0 Å². The molecule has 0 unspecified atom stereocenters. The van der Waals surface area contributed by atoms with Crippen molar-refractivity contribution in [3.8, 4) is 0 Å². The molecule has 1 N–H and O–H groups in total. The van der Waals surface area contributed by atoms with Gasteiger partial charge in [0.2, 0.25) is 5.91 Å². The Bertz CT molecular complexity index is 994. The topological polar surface area (TPSA) is 48.5 Å². The predicted molar refractivity (Wildman–Crippen MR) is 127 cm³/mol. The highest BCUT2D eigenvalue weighted by Gasteiger charge is 2.17. The van der Waals surface area contributed by atoms with E-state index in [4.69, 9.17) is 11.6 Å². The second kappa shape index (κ2) is 10.4. The van der Waals surface area contributed by atoms with Gasteiger partial charge in [-0.15, -0.1) is 0 Å². The number of hydrogen-bond acceptors (Lipinski definition) is 4. The first kappa shape index (κ1) is 21.3. The number of carbonyl (C=O) groups is 1. The maximum Gasteiger partial charge on any atom is 0.228 e. The molecule has 2 aromatic carbocycles. The largest absolute Gasteiger partial charge is 0.355 e. The van der Waals surface area contributed by atoms with Crippen molar-refractivity contribution in [3.05, 3.63) is 89.1 Å². The summed E-state index contributed by atoms with van der Waals surface area (Å²) in [5.41, 5.74) is 2.89. The number of aromatic nitrogens is 1. The van der Waals surface area contributed by atoms with Crippen molar-refractivity contribution in [1.82, 2.24) is 9.88 Å². The Labute approximate surface area is 188 Å². The van der Waals surface area contributed by atoms with Crippen LogP contribution in [0.2, 0.25) is 5.02 Å². The molecule has 160 valence electrons. The Morgan fingerprint density at radius 2 is 1.74 bits per heavy atom. The van der Waals surface area contributed by atoms with Gasteiger partial charge in [-0.25, -0.2) is 4.98 Å². The van der Waals surface area contributed by atoms with E-state index in [1.807, 2.05) is 60.7 Å². The average Bonchev–Trinajstić information content (AvgIpc) is 3.02. The van der Waals surface area contributed by atoms with Gasteiger partial charge in [0.25, 0.3) is 0 Å². The van der Waals surface area contributed by atoms with Crippen LogP contribution >= 0.6 is 11.6 Å². The molecule has 4 rings (SSSR count). The molecule has 0 bridgehead atoms. The summed E-state index contributed by atoms with van der Waals surface area (Å²) in [5.74, 6) is 0.909. The average molecular weight is 435 g/mol. The number of anilines is 2. The van der Waals surface area contributed by atoms with Crippen LogP contribution in [0, 0.1) is 0 Å². The first-order chi connectivity index (χ1) is 15.2. The van der Waals surface area contributed by atoms with Crippen molar-refractivity contribution in [3.63, 3.8) is 0 Å². The summed E-state index contributed by atoms with van der Waals surface area (Å²) in [7, 11) is 0. The van der Waals surface area contributed by atoms with E-state index in [1.54, 1.807) is 6.20 Å². The molecule has 0 atom stereocenters. The number of carbonyl (C=O) groups excluding carboxylic acids is 1. The fourth-order valence-corrected chi connectivity index (χ4v) is 4.05. The molecule has 1 aliphatic rings. The molecule has 1 fully saturated rings. The summed E-state index contributed by atoms with van der Waals surface area (Å²) in [6.07, 6.45) is 3.17. The van der Waals surface area contributed by atoms with Crippen LogP contribution < -0.4 is 10.2 Å². The number of nitrogens with zero attached hydrogens (tertiary/aromatic N) is 3. The fourth-order valence-electron chi connectivity index (χ4n) is 3.86. The van der Waals surface area contributed by atoms with Crippen LogP contribution in [0.25, 0.3) is 0 Å². The monoisotopic (exact) mass is 434 g/mol. The number of nitrogens with one attached hydrogen (secondary N) is 1. The SMILES string of the molecule is O=C(Cc1ccccc1)Nc1ccc(N2CCCN(Cc3ccccc3Cl)CC2)nc1. The maximum atomic E-state index is 12.3. The standard InChI is InChI=1S/C25H27ClN4O/c26-23-10-5-4-9-21(23)19-29-13-6-14-30(16-15-29)24-12-11-22(18-27-24)28-25(31)17-20-7-2-1-3-8-20/h1-5,7-12,18H,6,13-17,19H2,(H,28,31). The highest BCUT2D eigenvalue weighted by Crippen LogP contribution is 2.20. The quantitative estimate of drug-likeness (QED) is 0.614. The van der Waals surface area contributed by atoms with Gasteiger partial charge in [-0.1, -0.05) is 60.1 Å². The van der Waals surface area contributed by atoms with Crippen molar-refractivity contribution in [2.24, 2.45) is 0 Å². The van der Waals surface area contributed by atoms with Gasteiger partial charge in [0.1, 0.15) is 5.82 Å². The second-order valence-corrected chi connectivity index (χ2v) is 8.23. The fraction of sp³-hybridized carbons (Fsp3) is 0.280. The molecular formula is C25H27ClN4O. The number of benzene rings is 2. The molecule has 0 saturated carbocycles. The number of hydrogen-bond donors (Lipinski definition) is 1. The smallest absolute Gasteiger partial charge is 0.228 e. The van der Waals surface area contributed by atoms with Crippen molar-refractivity contribution in [2.45, 2.75) is 19.4 Å². The molecule has 0 radical (unpaired) electrons. The lowest BCUT2D eigenvalue weighted by molar-refractivity contribution is -0.115. The summed E-state index contributed by atoms with van der Waals surface area (Å²) in [6.45, 7) is 4.74. The zero-order valence-corrected chi connectivity index (χ0v) is 18.3. The zero-order chi connectivity index (χ0) is 21.5. The van der Waals surface area contributed by atoms with E-state index in [-0.39, 0.29) is 5.91 Å². The van der Waals surface area contributed by atoms with E-state index in [0.717, 1.165) is 61.2 Å². The molecule has 0 aliphatic carbocycles. The minimum absolute atomic E-state index is 0.0364. The molecule has 5 nitrogen and oxygen atoms in total. The molecule has 2 heterocycles. The van der Waals surface area contributed by atoms with Gasteiger partial charge >= 0.3 is 0 Å². The molecule has 1 aromatic heterocycles. The lowest BCUT2D eigenvalue weighted by Crippen LogP contribution is -2.31. The van der Waals surface area contributed by atoms with Gasteiger partial charge in [0.05, 0.1) is 18.3 Å². The number of amides is 1. The molecule has 1 saturated heterocycles. The first-order valence-corrected chi connectivity index (χ1v) is 11.1. The lowest BCUT2D eigenvalue weighted by Gasteiger charge is -2.23. The van der Waals surface area contributed by atoms with Crippen LogP contribution in [-0.2, 0) is 17.8 Å².